The number of carbonyl (C=O) groups excluding carboxylic acids is 1. The van der Waals surface area contributed by atoms with Gasteiger partial charge in [-0.25, -0.2) is 0 Å². The number of ether oxygens (including phenoxy) is 2. The van der Waals surface area contributed by atoms with E-state index < -0.39 is 5.91 Å². The van der Waals surface area contributed by atoms with Crippen molar-refractivity contribution in [1.29, 1.82) is 0 Å². The summed E-state index contributed by atoms with van der Waals surface area (Å²) in [5, 5.41) is 3.46. The van der Waals surface area contributed by atoms with Gasteiger partial charge < -0.3 is 32.9 Å². The van der Waals surface area contributed by atoms with Gasteiger partial charge in [0.05, 0.1) is 7.11 Å². The number of nitrogens with two attached hydrogens (primary N) is 1. The molecule has 1 aromatic carbocycles. The first-order valence-corrected chi connectivity index (χ1v) is 8.15. The van der Waals surface area contributed by atoms with Crippen LogP contribution in [0.2, 0.25) is 0 Å². The van der Waals surface area contributed by atoms with E-state index in [1.165, 1.54) is 25.7 Å². The molecule has 0 aromatic heterocycles. The monoisotopic (exact) mass is 353 g/mol. The third-order valence-corrected chi connectivity index (χ3v) is 3.94. The van der Waals surface area contributed by atoms with Gasteiger partial charge in [0, 0.05) is 6.54 Å². The molecule has 0 bridgehead atoms. The summed E-state index contributed by atoms with van der Waals surface area (Å²) in [6.07, 6.45) is 8.66. The number of hydrogen-bond acceptors (Lipinski definition) is 4. The second-order valence-electron chi connectivity index (χ2n) is 5.78. The molecule has 3 N–H and O–H groups in total. The standard InChI is InChI=1S/C18H26N2O3.ClH/c1-22-17-11-15(7-8-16(17)23-13-18(19)21)12-20-10-9-14-5-3-2-4-6-14;/h5,7-8,11,20H,2-4,6,9-10,12-13H2,1H3,(H2,19,21);1H/p-1. The average Bonchev–Trinajstić information content (AvgIpc) is 2.58. The fourth-order valence-electron chi connectivity index (χ4n) is 2.70. The largest absolute Gasteiger partial charge is 1.00 e. The van der Waals surface area contributed by atoms with Crippen molar-refractivity contribution < 1.29 is 26.7 Å². The highest BCUT2D eigenvalue weighted by Gasteiger charge is 2.07. The molecule has 0 aliphatic heterocycles. The molecular weight excluding hydrogens is 328 g/mol. The Labute approximate surface area is 150 Å². The molecule has 0 saturated carbocycles. The van der Waals surface area contributed by atoms with Crippen LogP contribution in [0, 0.1) is 0 Å². The molecular formula is C18H26ClN2O3-. The number of methoxy groups -OCH3 is 1. The van der Waals surface area contributed by atoms with Gasteiger partial charge in [0.1, 0.15) is 0 Å². The van der Waals surface area contributed by atoms with Gasteiger partial charge in [-0.15, -0.1) is 0 Å². The maximum absolute atomic E-state index is 10.8. The Bertz CT molecular complexity index is 561. The van der Waals surface area contributed by atoms with E-state index in [4.69, 9.17) is 15.2 Å². The van der Waals surface area contributed by atoms with E-state index in [1.54, 1.807) is 12.7 Å². The van der Waals surface area contributed by atoms with Gasteiger partial charge in [-0.2, -0.15) is 0 Å². The van der Waals surface area contributed by atoms with Crippen molar-refractivity contribution in [2.45, 2.75) is 38.6 Å². The maximum Gasteiger partial charge on any atom is 0.255 e. The first kappa shape index (κ1) is 20.3. The summed E-state index contributed by atoms with van der Waals surface area (Å²) in [7, 11) is 1.58. The number of allylic oxidation sites excluding steroid dienone is 1. The zero-order chi connectivity index (χ0) is 16.5. The summed E-state index contributed by atoms with van der Waals surface area (Å²) in [5.74, 6) is 0.637. The Balaban J connectivity index is 0.00000288. The molecule has 0 unspecified atom stereocenters. The number of carbonyl (C=O) groups is 1. The van der Waals surface area contributed by atoms with Crippen LogP contribution in [0.25, 0.3) is 0 Å². The van der Waals surface area contributed by atoms with Crippen molar-refractivity contribution in [2.24, 2.45) is 5.73 Å². The Kier molecular flexibility index (Phi) is 9.27. The molecule has 0 atom stereocenters. The summed E-state index contributed by atoms with van der Waals surface area (Å²) in [6, 6.07) is 5.69. The summed E-state index contributed by atoms with van der Waals surface area (Å²) in [4.78, 5) is 10.8. The number of halogens is 1. The van der Waals surface area contributed by atoms with Gasteiger partial charge >= 0.3 is 0 Å². The zero-order valence-corrected chi connectivity index (χ0v) is 14.9. The van der Waals surface area contributed by atoms with E-state index in [0.29, 0.717) is 11.5 Å². The number of hydrogen-bond donors (Lipinski definition) is 2. The SMILES string of the molecule is COc1cc(CNCCC2=CCCCC2)ccc1OCC(N)=O.[Cl-]. The van der Waals surface area contributed by atoms with Gasteiger partial charge in [0.15, 0.2) is 18.1 Å². The van der Waals surface area contributed by atoms with Crippen molar-refractivity contribution in [3.63, 3.8) is 0 Å². The van der Waals surface area contributed by atoms with Gasteiger partial charge in [-0.3, -0.25) is 4.79 Å². The lowest BCUT2D eigenvalue weighted by molar-refractivity contribution is -0.119. The molecule has 0 fully saturated rings. The average molecular weight is 354 g/mol. The quantitative estimate of drug-likeness (QED) is 0.465. The van der Waals surface area contributed by atoms with Crippen LogP contribution in [0.15, 0.2) is 29.8 Å². The van der Waals surface area contributed by atoms with Crippen LogP contribution in [-0.2, 0) is 11.3 Å². The van der Waals surface area contributed by atoms with Crippen LogP contribution in [0.1, 0.15) is 37.7 Å². The molecule has 134 valence electrons. The van der Waals surface area contributed by atoms with Crippen LogP contribution in [0.5, 0.6) is 11.5 Å². The van der Waals surface area contributed by atoms with E-state index in [-0.39, 0.29) is 19.0 Å². The number of amides is 1. The van der Waals surface area contributed by atoms with E-state index in [2.05, 4.69) is 11.4 Å². The molecule has 0 radical (unpaired) electrons. The minimum atomic E-state index is -0.505. The first-order valence-electron chi connectivity index (χ1n) is 8.15. The number of benzene rings is 1. The predicted octanol–water partition coefficient (Wildman–Crippen LogP) is -0.457. The van der Waals surface area contributed by atoms with Crippen molar-refractivity contribution in [3.05, 3.63) is 35.4 Å². The second kappa shape index (κ2) is 10.9. The summed E-state index contributed by atoms with van der Waals surface area (Å²) in [6.45, 7) is 1.61. The molecule has 5 nitrogen and oxygen atoms in total. The lowest BCUT2D eigenvalue weighted by Crippen LogP contribution is -3.00. The topological polar surface area (TPSA) is 73.6 Å². The number of primary amides is 1. The maximum atomic E-state index is 10.8. The van der Waals surface area contributed by atoms with Crippen LogP contribution < -0.4 is 32.9 Å². The highest BCUT2D eigenvalue weighted by molar-refractivity contribution is 5.75. The van der Waals surface area contributed by atoms with E-state index in [1.807, 2.05) is 18.2 Å². The van der Waals surface area contributed by atoms with Crippen molar-refractivity contribution in [3.8, 4) is 11.5 Å². The molecule has 1 amide bonds. The van der Waals surface area contributed by atoms with Crippen LogP contribution in [-0.4, -0.2) is 26.2 Å². The fraction of sp³-hybridized carbons (Fsp3) is 0.500. The minimum Gasteiger partial charge on any atom is -1.00 e. The minimum absolute atomic E-state index is 0. The summed E-state index contributed by atoms with van der Waals surface area (Å²) >= 11 is 0. The third-order valence-electron chi connectivity index (χ3n) is 3.94. The van der Waals surface area contributed by atoms with Gasteiger partial charge in [-0.1, -0.05) is 17.7 Å². The van der Waals surface area contributed by atoms with Crippen LogP contribution in [0.4, 0.5) is 0 Å². The van der Waals surface area contributed by atoms with Crippen molar-refractivity contribution >= 4 is 5.91 Å². The smallest absolute Gasteiger partial charge is 0.255 e. The molecule has 0 saturated heterocycles. The molecule has 0 spiro atoms. The number of nitrogens with one attached hydrogen (secondary N) is 1. The molecule has 2 rings (SSSR count). The fourth-order valence-corrected chi connectivity index (χ4v) is 2.70. The lowest BCUT2D eigenvalue weighted by Gasteiger charge is -2.14. The Morgan fingerprint density at radius 2 is 2.12 bits per heavy atom. The van der Waals surface area contributed by atoms with E-state index in [9.17, 15) is 4.79 Å². The van der Waals surface area contributed by atoms with Crippen LogP contribution in [0.3, 0.4) is 0 Å². The van der Waals surface area contributed by atoms with Gasteiger partial charge in [0.25, 0.3) is 5.91 Å². The predicted molar refractivity (Wildman–Crippen MR) is 90.6 cm³/mol. The Hall–Kier alpha value is -1.72. The van der Waals surface area contributed by atoms with Crippen molar-refractivity contribution in [1.82, 2.24) is 5.32 Å². The van der Waals surface area contributed by atoms with Gasteiger partial charge in [-0.05, 0) is 56.3 Å². The van der Waals surface area contributed by atoms with Gasteiger partial charge in [0.2, 0.25) is 0 Å². The van der Waals surface area contributed by atoms with Crippen molar-refractivity contribution in [2.75, 3.05) is 20.3 Å². The molecule has 1 aliphatic rings. The highest BCUT2D eigenvalue weighted by Crippen LogP contribution is 2.28. The third kappa shape index (κ3) is 6.81. The van der Waals surface area contributed by atoms with E-state index in [0.717, 1.165) is 25.1 Å². The Morgan fingerprint density at radius 1 is 1.29 bits per heavy atom. The molecule has 1 aliphatic carbocycles. The van der Waals surface area contributed by atoms with E-state index >= 15 is 0 Å². The number of rotatable bonds is 9. The lowest BCUT2D eigenvalue weighted by atomic mass is 9.97. The molecule has 0 heterocycles. The summed E-state index contributed by atoms with van der Waals surface area (Å²) in [5.41, 5.74) is 7.78. The first-order chi connectivity index (χ1) is 11.2. The zero-order valence-electron chi connectivity index (χ0n) is 14.1. The molecule has 6 heteroatoms. The molecule has 24 heavy (non-hydrogen) atoms. The normalized spacial score (nSPS) is 13.6. The van der Waals surface area contributed by atoms with Crippen LogP contribution >= 0.6 is 0 Å². The Morgan fingerprint density at radius 3 is 2.79 bits per heavy atom. The summed E-state index contributed by atoms with van der Waals surface area (Å²) < 4.78 is 10.6. The molecule has 1 aromatic rings. The highest BCUT2D eigenvalue weighted by atomic mass is 35.5. The second-order valence-corrected chi connectivity index (χ2v) is 5.78.